The van der Waals surface area contributed by atoms with Gasteiger partial charge in [-0.3, -0.25) is 4.68 Å². The summed E-state index contributed by atoms with van der Waals surface area (Å²) in [5.74, 6) is 1.06. The topological polar surface area (TPSA) is 42.7 Å². The summed E-state index contributed by atoms with van der Waals surface area (Å²) in [6, 6.07) is 9.12. The van der Waals surface area contributed by atoms with E-state index in [2.05, 4.69) is 60.4 Å². The van der Waals surface area contributed by atoms with E-state index in [1.54, 1.807) is 6.33 Å². The zero-order valence-electron chi connectivity index (χ0n) is 12.6. The summed E-state index contributed by atoms with van der Waals surface area (Å²) in [5, 5.41) is 7.81. The molecule has 0 aliphatic heterocycles. The zero-order valence-corrected chi connectivity index (χ0v) is 12.6. The van der Waals surface area contributed by atoms with Gasteiger partial charge in [0.25, 0.3) is 0 Å². The van der Waals surface area contributed by atoms with Crippen LogP contribution in [0.1, 0.15) is 30.8 Å². The first-order valence-corrected chi connectivity index (χ1v) is 7.38. The lowest BCUT2D eigenvalue weighted by molar-refractivity contribution is 0.490. The SMILES string of the molecule is CCNC(Cc1cccc(C)c1)Cc1ncnn1CC. The first kappa shape index (κ1) is 14.7. The van der Waals surface area contributed by atoms with E-state index < -0.39 is 0 Å². The van der Waals surface area contributed by atoms with Crippen LogP contribution in [0.2, 0.25) is 0 Å². The normalized spacial score (nSPS) is 12.6. The van der Waals surface area contributed by atoms with Gasteiger partial charge in [-0.1, -0.05) is 36.8 Å². The Labute approximate surface area is 121 Å². The molecule has 2 aromatic rings. The Morgan fingerprint density at radius 2 is 2.10 bits per heavy atom. The van der Waals surface area contributed by atoms with E-state index in [0.29, 0.717) is 6.04 Å². The van der Waals surface area contributed by atoms with Gasteiger partial charge in [0.1, 0.15) is 12.2 Å². The summed E-state index contributed by atoms with van der Waals surface area (Å²) in [6.45, 7) is 8.23. The maximum atomic E-state index is 4.38. The van der Waals surface area contributed by atoms with Crippen molar-refractivity contribution in [1.82, 2.24) is 20.1 Å². The van der Waals surface area contributed by atoms with Gasteiger partial charge >= 0.3 is 0 Å². The van der Waals surface area contributed by atoms with Crippen molar-refractivity contribution in [1.29, 1.82) is 0 Å². The second kappa shape index (κ2) is 7.20. The lowest BCUT2D eigenvalue weighted by Gasteiger charge is -2.18. The van der Waals surface area contributed by atoms with Gasteiger partial charge in [-0.25, -0.2) is 4.98 Å². The molecule has 0 amide bonds. The first-order chi connectivity index (χ1) is 9.72. The van der Waals surface area contributed by atoms with Crippen LogP contribution in [0, 0.1) is 6.92 Å². The third-order valence-corrected chi connectivity index (χ3v) is 3.48. The molecule has 0 bridgehead atoms. The highest BCUT2D eigenvalue weighted by Gasteiger charge is 2.13. The van der Waals surface area contributed by atoms with E-state index in [1.165, 1.54) is 11.1 Å². The van der Waals surface area contributed by atoms with E-state index in [1.807, 2.05) is 4.68 Å². The van der Waals surface area contributed by atoms with Crippen LogP contribution >= 0.6 is 0 Å². The Kier molecular flexibility index (Phi) is 5.30. The van der Waals surface area contributed by atoms with E-state index in [4.69, 9.17) is 0 Å². The number of hydrogen-bond donors (Lipinski definition) is 1. The third kappa shape index (κ3) is 3.90. The van der Waals surface area contributed by atoms with Crippen LogP contribution in [0.15, 0.2) is 30.6 Å². The average molecular weight is 272 g/mol. The highest BCUT2D eigenvalue weighted by Crippen LogP contribution is 2.10. The van der Waals surface area contributed by atoms with Gasteiger partial charge in [0.2, 0.25) is 0 Å². The maximum absolute atomic E-state index is 4.38. The summed E-state index contributed by atoms with van der Waals surface area (Å²) in [4.78, 5) is 4.38. The molecule has 1 atom stereocenters. The molecule has 0 spiro atoms. The fourth-order valence-corrected chi connectivity index (χ4v) is 2.56. The number of likely N-dealkylation sites (N-methyl/N-ethyl adjacent to an activating group) is 1. The second-order valence-electron chi connectivity index (χ2n) is 5.14. The molecule has 0 radical (unpaired) electrons. The molecule has 4 heteroatoms. The summed E-state index contributed by atoms with van der Waals surface area (Å²) in [7, 11) is 0. The molecule has 0 saturated heterocycles. The van der Waals surface area contributed by atoms with E-state index in [-0.39, 0.29) is 0 Å². The quantitative estimate of drug-likeness (QED) is 0.841. The van der Waals surface area contributed by atoms with Gasteiger partial charge in [-0.05, 0) is 32.4 Å². The lowest BCUT2D eigenvalue weighted by Crippen LogP contribution is -2.34. The van der Waals surface area contributed by atoms with Crippen molar-refractivity contribution >= 4 is 0 Å². The Morgan fingerprint density at radius 1 is 1.25 bits per heavy atom. The van der Waals surface area contributed by atoms with Gasteiger partial charge in [0.15, 0.2) is 0 Å². The van der Waals surface area contributed by atoms with E-state index in [0.717, 1.165) is 31.8 Å². The van der Waals surface area contributed by atoms with Gasteiger partial charge < -0.3 is 5.32 Å². The summed E-state index contributed by atoms with van der Waals surface area (Å²) >= 11 is 0. The van der Waals surface area contributed by atoms with Crippen molar-refractivity contribution in [3.63, 3.8) is 0 Å². The molecule has 0 aliphatic rings. The van der Waals surface area contributed by atoms with Crippen LogP contribution in [-0.4, -0.2) is 27.4 Å². The number of rotatable bonds is 7. The number of hydrogen-bond acceptors (Lipinski definition) is 3. The van der Waals surface area contributed by atoms with Crippen LogP contribution in [0.25, 0.3) is 0 Å². The smallest absolute Gasteiger partial charge is 0.138 e. The van der Waals surface area contributed by atoms with Crippen LogP contribution in [0.5, 0.6) is 0 Å². The number of nitrogens with zero attached hydrogens (tertiary/aromatic N) is 3. The monoisotopic (exact) mass is 272 g/mol. The molecule has 0 saturated carbocycles. The van der Waals surface area contributed by atoms with Crippen molar-refractivity contribution in [2.75, 3.05) is 6.54 Å². The lowest BCUT2D eigenvalue weighted by atomic mass is 10.0. The molecule has 4 nitrogen and oxygen atoms in total. The van der Waals surface area contributed by atoms with Gasteiger partial charge in [0, 0.05) is 19.0 Å². The highest BCUT2D eigenvalue weighted by atomic mass is 15.3. The minimum absolute atomic E-state index is 0.399. The molecule has 108 valence electrons. The molecular formula is C16H24N4. The average Bonchev–Trinajstić information content (AvgIpc) is 2.86. The zero-order chi connectivity index (χ0) is 14.4. The minimum atomic E-state index is 0.399. The predicted octanol–water partition coefficient (Wildman–Crippen LogP) is 2.37. The van der Waals surface area contributed by atoms with Crippen molar-refractivity contribution in [3.8, 4) is 0 Å². The molecule has 1 aromatic carbocycles. The van der Waals surface area contributed by atoms with Crippen molar-refractivity contribution < 1.29 is 0 Å². The van der Waals surface area contributed by atoms with E-state index >= 15 is 0 Å². The second-order valence-corrected chi connectivity index (χ2v) is 5.14. The molecule has 20 heavy (non-hydrogen) atoms. The molecule has 1 unspecified atom stereocenters. The summed E-state index contributed by atoms with van der Waals surface area (Å²) in [5.41, 5.74) is 2.69. The van der Waals surface area contributed by atoms with Crippen molar-refractivity contribution in [2.45, 2.75) is 46.2 Å². The van der Waals surface area contributed by atoms with Gasteiger partial charge in [-0.15, -0.1) is 0 Å². The third-order valence-electron chi connectivity index (χ3n) is 3.48. The number of nitrogens with one attached hydrogen (secondary N) is 1. The van der Waals surface area contributed by atoms with Crippen LogP contribution < -0.4 is 5.32 Å². The fourth-order valence-electron chi connectivity index (χ4n) is 2.56. The fraction of sp³-hybridized carbons (Fsp3) is 0.500. The first-order valence-electron chi connectivity index (χ1n) is 7.38. The Hall–Kier alpha value is -1.68. The van der Waals surface area contributed by atoms with Crippen LogP contribution in [0.3, 0.4) is 0 Å². The predicted molar refractivity (Wildman–Crippen MR) is 81.7 cm³/mol. The van der Waals surface area contributed by atoms with Crippen LogP contribution in [-0.2, 0) is 19.4 Å². The van der Waals surface area contributed by atoms with Crippen molar-refractivity contribution in [3.05, 3.63) is 47.5 Å². The number of aromatic nitrogens is 3. The van der Waals surface area contributed by atoms with Gasteiger partial charge in [-0.2, -0.15) is 5.10 Å². The number of aryl methyl sites for hydroxylation is 2. The Morgan fingerprint density at radius 3 is 2.80 bits per heavy atom. The maximum Gasteiger partial charge on any atom is 0.138 e. The Balaban J connectivity index is 2.07. The van der Waals surface area contributed by atoms with Crippen LogP contribution in [0.4, 0.5) is 0 Å². The highest BCUT2D eigenvalue weighted by molar-refractivity contribution is 5.23. The van der Waals surface area contributed by atoms with Gasteiger partial charge in [0.05, 0.1) is 0 Å². The standard InChI is InChI=1S/C16H24N4/c1-4-17-15(10-14-8-6-7-13(3)9-14)11-16-18-12-19-20(16)5-2/h6-9,12,15,17H,4-5,10-11H2,1-3H3. The molecule has 1 heterocycles. The largest absolute Gasteiger partial charge is 0.313 e. The van der Waals surface area contributed by atoms with Crippen molar-refractivity contribution in [2.24, 2.45) is 0 Å². The molecule has 0 fully saturated rings. The van der Waals surface area contributed by atoms with E-state index in [9.17, 15) is 0 Å². The molecule has 1 N–H and O–H groups in total. The molecule has 1 aromatic heterocycles. The summed E-state index contributed by atoms with van der Waals surface area (Å²) < 4.78 is 1.97. The summed E-state index contributed by atoms with van der Waals surface area (Å²) in [6.07, 6.45) is 3.58. The molecule has 2 rings (SSSR count). The Bertz CT molecular complexity index is 533. The minimum Gasteiger partial charge on any atom is -0.313 e. The molecule has 0 aliphatic carbocycles. The molecular weight excluding hydrogens is 248 g/mol. The number of benzene rings is 1.